The van der Waals surface area contributed by atoms with Crippen LogP contribution in [0.25, 0.3) is 5.65 Å². The zero-order valence-corrected chi connectivity index (χ0v) is 10.9. The molecule has 3 rings (SSSR count). The Morgan fingerprint density at radius 1 is 1.32 bits per heavy atom. The average Bonchev–Trinajstić information content (AvgIpc) is 2.85. The number of nitrogen functional groups attached to an aromatic ring is 1. The molecule has 2 N–H and O–H groups in total. The Hall–Kier alpha value is -2.29. The molecule has 0 bridgehead atoms. The van der Waals surface area contributed by atoms with E-state index in [1.54, 1.807) is 0 Å². The SMILES string of the molecule is Nc1cc(Br)c(F)cc1Oc1cncc2nnnn12. The lowest BCUT2D eigenvalue weighted by molar-refractivity contribution is 0.440. The zero-order chi connectivity index (χ0) is 13.4. The van der Waals surface area contributed by atoms with Gasteiger partial charge in [-0.1, -0.05) is 0 Å². The summed E-state index contributed by atoms with van der Waals surface area (Å²) in [6.45, 7) is 0. The number of anilines is 1. The predicted molar refractivity (Wildman–Crippen MR) is 67.2 cm³/mol. The van der Waals surface area contributed by atoms with Gasteiger partial charge in [0.05, 0.1) is 22.6 Å². The van der Waals surface area contributed by atoms with E-state index >= 15 is 0 Å². The van der Waals surface area contributed by atoms with Crippen molar-refractivity contribution in [3.05, 3.63) is 34.8 Å². The Morgan fingerprint density at radius 3 is 3.00 bits per heavy atom. The van der Waals surface area contributed by atoms with Gasteiger partial charge in [-0.05, 0) is 32.4 Å². The number of nitrogens with zero attached hydrogens (tertiary/aromatic N) is 5. The maximum Gasteiger partial charge on any atom is 0.242 e. The first kappa shape index (κ1) is 11.8. The molecule has 0 atom stereocenters. The minimum absolute atomic E-state index is 0.158. The lowest BCUT2D eigenvalue weighted by atomic mass is 10.3. The number of hydrogen-bond acceptors (Lipinski definition) is 6. The summed E-state index contributed by atoms with van der Waals surface area (Å²) in [5.41, 5.74) is 6.44. The fourth-order valence-corrected chi connectivity index (χ4v) is 1.83. The van der Waals surface area contributed by atoms with Gasteiger partial charge in [0.25, 0.3) is 0 Å². The van der Waals surface area contributed by atoms with Crippen LogP contribution in [0.2, 0.25) is 0 Å². The number of rotatable bonds is 2. The minimum atomic E-state index is -0.485. The number of hydrogen-bond donors (Lipinski definition) is 1. The highest BCUT2D eigenvalue weighted by Crippen LogP contribution is 2.31. The van der Waals surface area contributed by atoms with Gasteiger partial charge in [0.2, 0.25) is 11.5 Å². The van der Waals surface area contributed by atoms with Crippen LogP contribution in [0.3, 0.4) is 0 Å². The molecule has 9 heteroatoms. The molecule has 3 aromatic rings. The van der Waals surface area contributed by atoms with Crippen LogP contribution in [0.5, 0.6) is 11.6 Å². The summed E-state index contributed by atoms with van der Waals surface area (Å²) in [6, 6.07) is 2.58. The van der Waals surface area contributed by atoms with Gasteiger partial charge in [-0.25, -0.2) is 4.39 Å². The molecule has 0 spiro atoms. The Bertz CT molecular complexity index is 761. The van der Waals surface area contributed by atoms with Crippen LogP contribution in [0.4, 0.5) is 10.1 Å². The van der Waals surface area contributed by atoms with E-state index in [0.29, 0.717) is 5.65 Å². The zero-order valence-electron chi connectivity index (χ0n) is 9.29. The van der Waals surface area contributed by atoms with Crippen molar-refractivity contribution in [1.29, 1.82) is 0 Å². The molecule has 0 radical (unpaired) electrons. The van der Waals surface area contributed by atoms with Crippen LogP contribution in [-0.2, 0) is 0 Å². The monoisotopic (exact) mass is 324 g/mol. The number of halogens is 2. The molecule has 0 amide bonds. The molecule has 0 fully saturated rings. The third-order valence-electron chi connectivity index (χ3n) is 2.34. The van der Waals surface area contributed by atoms with Crippen molar-refractivity contribution in [1.82, 2.24) is 25.0 Å². The second-order valence-corrected chi connectivity index (χ2v) is 4.45. The Kier molecular flexibility index (Phi) is 2.75. The highest BCUT2D eigenvalue weighted by molar-refractivity contribution is 9.10. The smallest absolute Gasteiger partial charge is 0.242 e. The Morgan fingerprint density at radius 2 is 2.16 bits per heavy atom. The molecule has 0 aliphatic rings. The van der Waals surface area contributed by atoms with Gasteiger partial charge in [-0.3, -0.25) is 4.98 Å². The van der Waals surface area contributed by atoms with Crippen LogP contribution in [0, 0.1) is 5.82 Å². The number of benzene rings is 1. The van der Waals surface area contributed by atoms with Gasteiger partial charge in [0, 0.05) is 6.07 Å². The van der Waals surface area contributed by atoms with Crippen molar-refractivity contribution in [3.8, 4) is 11.6 Å². The van der Waals surface area contributed by atoms with Crippen LogP contribution in [0.1, 0.15) is 0 Å². The van der Waals surface area contributed by atoms with Crippen LogP contribution in [0.15, 0.2) is 29.0 Å². The van der Waals surface area contributed by atoms with E-state index in [1.165, 1.54) is 29.0 Å². The molecule has 2 heterocycles. The largest absolute Gasteiger partial charge is 0.435 e. The van der Waals surface area contributed by atoms with Crippen molar-refractivity contribution in [2.75, 3.05) is 5.73 Å². The van der Waals surface area contributed by atoms with E-state index in [9.17, 15) is 4.39 Å². The average molecular weight is 325 g/mol. The molecule has 7 nitrogen and oxygen atoms in total. The summed E-state index contributed by atoms with van der Waals surface area (Å²) in [5, 5.41) is 10.9. The number of tetrazole rings is 1. The van der Waals surface area contributed by atoms with Gasteiger partial charge >= 0.3 is 0 Å². The molecule has 2 aromatic heterocycles. The van der Waals surface area contributed by atoms with E-state index in [1.807, 2.05) is 0 Å². The van der Waals surface area contributed by atoms with E-state index in [2.05, 4.69) is 36.4 Å². The molecule has 0 aliphatic carbocycles. The first-order chi connectivity index (χ1) is 9.15. The summed E-state index contributed by atoms with van der Waals surface area (Å²) in [5.74, 6) is -0.0949. The van der Waals surface area contributed by atoms with Crippen molar-refractivity contribution in [3.63, 3.8) is 0 Å². The summed E-state index contributed by atoms with van der Waals surface area (Å²) in [4.78, 5) is 3.92. The van der Waals surface area contributed by atoms with Crippen LogP contribution < -0.4 is 10.5 Å². The molecule has 0 saturated heterocycles. The molecule has 96 valence electrons. The highest BCUT2D eigenvalue weighted by atomic mass is 79.9. The summed E-state index contributed by atoms with van der Waals surface area (Å²) >= 11 is 3.04. The topological polar surface area (TPSA) is 91.2 Å². The number of fused-ring (bicyclic) bond motifs is 1. The number of nitrogens with two attached hydrogens (primary N) is 1. The van der Waals surface area contributed by atoms with E-state index in [4.69, 9.17) is 10.5 Å². The second-order valence-electron chi connectivity index (χ2n) is 3.60. The van der Waals surface area contributed by atoms with E-state index < -0.39 is 5.82 Å². The van der Waals surface area contributed by atoms with Crippen molar-refractivity contribution in [2.45, 2.75) is 0 Å². The summed E-state index contributed by atoms with van der Waals surface area (Å²) < 4.78 is 20.5. The molecule has 0 saturated carbocycles. The van der Waals surface area contributed by atoms with Gasteiger partial charge < -0.3 is 10.5 Å². The van der Waals surface area contributed by atoms with Gasteiger partial charge in [-0.15, -0.1) is 5.10 Å². The Labute approximate surface area is 114 Å². The molecular weight excluding hydrogens is 319 g/mol. The molecule has 0 aliphatic heterocycles. The maximum absolute atomic E-state index is 13.5. The first-order valence-corrected chi connectivity index (χ1v) is 5.89. The highest BCUT2D eigenvalue weighted by Gasteiger charge is 2.11. The lowest BCUT2D eigenvalue weighted by Gasteiger charge is -2.09. The standard InChI is InChI=1S/C10H6BrFN6O/c11-5-1-7(13)8(2-6(5)12)19-10-4-14-3-9-15-16-17-18(9)10/h1-4H,13H2. The van der Waals surface area contributed by atoms with Crippen molar-refractivity contribution in [2.24, 2.45) is 0 Å². The second kappa shape index (κ2) is 4.43. The Balaban J connectivity index is 2.06. The first-order valence-electron chi connectivity index (χ1n) is 5.09. The molecular formula is C10H6BrFN6O. The molecule has 1 aromatic carbocycles. The predicted octanol–water partition coefficient (Wildman–Crippen LogP) is 1.80. The third-order valence-corrected chi connectivity index (χ3v) is 2.95. The number of aromatic nitrogens is 5. The van der Waals surface area contributed by atoms with Crippen LogP contribution >= 0.6 is 15.9 Å². The quantitative estimate of drug-likeness (QED) is 0.723. The van der Waals surface area contributed by atoms with Crippen LogP contribution in [-0.4, -0.2) is 25.0 Å². The third kappa shape index (κ3) is 2.08. The summed E-state index contributed by atoms with van der Waals surface area (Å²) in [6.07, 6.45) is 2.88. The van der Waals surface area contributed by atoms with Crippen molar-refractivity contribution >= 4 is 27.3 Å². The fourth-order valence-electron chi connectivity index (χ4n) is 1.47. The maximum atomic E-state index is 13.5. The van der Waals surface area contributed by atoms with Gasteiger partial charge in [0.1, 0.15) is 5.82 Å². The fraction of sp³-hybridized carbons (Fsp3) is 0. The minimum Gasteiger partial charge on any atom is -0.435 e. The normalized spacial score (nSPS) is 10.8. The molecule has 0 unspecified atom stereocenters. The van der Waals surface area contributed by atoms with E-state index in [-0.39, 0.29) is 21.8 Å². The lowest BCUT2D eigenvalue weighted by Crippen LogP contribution is -1.99. The van der Waals surface area contributed by atoms with Gasteiger partial charge in [-0.2, -0.15) is 4.52 Å². The summed E-state index contributed by atoms with van der Waals surface area (Å²) in [7, 11) is 0. The van der Waals surface area contributed by atoms with Gasteiger partial charge in [0.15, 0.2) is 5.75 Å². The molecule has 19 heavy (non-hydrogen) atoms. The number of ether oxygens (including phenoxy) is 1. The van der Waals surface area contributed by atoms with Crippen molar-refractivity contribution < 1.29 is 9.13 Å². The van der Waals surface area contributed by atoms with E-state index in [0.717, 1.165) is 0 Å².